The lowest BCUT2D eigenvalue weighted by Gasteiger charge is -2.20. The van der Waals surface area contributed by atoms with Crippen molar-refractivity contribution in [3.63, 3.8) is 0 Å². The number of hydrogen-bond acceptors (Lipinski definition) is 4. The second-order valence-corrected chi connectivity index (χ2v) is 3.68. The van der Waals surface area contributed by atoms with Gasteiger partial charge >= 0.3 is 0 Å². The Hall–Kier alpha value is -0.510. The van der Waals surface area contributed by atoms with Gasteiger partial charge in [0.05, 0.1) is 0 Å². The first-order valence-electron chi connectivity index (χ1n) is 3.92. The van der Waals surface area contributed by atoms with Crippen LogP contribution in [0.1, 0.15) is 19.8 Å². The summed E-state index contributed by atoms with van der Waals surface area (Å²) in [5.41, 5.74) is 0. The van der Waals surface area contributed by atoms with Crippen LogP contribution >= 0.6 is 22.6 Å². The molecule has 1 aliphatic heterocycles. The summed E-state index contributed by atoms with van der Waals surface area (Å²) >= 11 is 2.20. The molecule has 1 unspecified atom stereocenters. The van der Waals surface area contributed by atoms with Gasteiger partial charge in [0.25, 0.3) is 0 Å². The minimum atomic E-state index is 0.0687. The monoisotopic (exact) mass is 278 g/mol. The molecule has 0 saturated carbocycles. The van der Waals surface area contributed by atoms with Crippen LogP contribution in [0.2, 0.25) is 0 Å². The number of hydrogen-bond donors (Lipinski definition) is 0. The van der Waals surface area contributed by atoms with E-state index in [1.165, 1.54) is 4.90 Å². The summed E-state index contributed by atoms with van der Waals surface area (Å²) in [4.78, 5) is 1.54. The van der Waals surface area contributed by atoms with E-state index < -0.39 is 0 Å². The highest BCUT2D eigenvalue weighted by Gasteiger charge is 2.23. The molecule has 66 valence electrons. The van der Waals surface area contributed by atoms with Gasteiger partial charge in [-0.2, -0.15) is 10.4 Å². The lowest BCUT2D eigenvalue weighted by atomic mass is 10.3. The summed E-state index contributed by atoms with van der Waals surface area (Å²) in [5.74, 6) is 0. The van der Waals surface area contributed by atoms with Crippen molar-refractivity contribution in [2.75, 3.05) is 6.54 Å². The average molecular weight is 278 g/mol. The summed E-state index contributed by atoms with van der Waals surface area (Å²) in [5, 5.41) is 14.7. The van der Waals surface area contributed by atoms with Gasteiger partial charge in [-0.25, -0.2) is 4.90 Å². The van der Waals surface area contributed by atoms with E-state index in [2.05, 4.69) is 40.8 Å². The van der Waals surface area contributed by atoms with Crippen LogP contribution in [0.5, 0.6) is 0 Å². The molecule has 1 aliphatic rings. The first-order valence-corrected chi connectivity index (χ1v) is 5.17. The van der Waals surface area contributed by atoms with Gasteiger partial charge in [-0.05, 0) is 29.0 Å². The predicted octanol–water partition coefficient (Wildman–Crippen LogP) is 1.55. The Morgan fingerprint density at radius 3 is 3.00 bits per heavy atom. The molecule has 0 bridgehead atoms. The molecule has 0 aliphatic carbocycles. The fourth-order valence-corrected chi connectivity index (χ4v) is 1.62. The lowest BCUT2D eigenvalue weighted by Crippen LogP contribution is -2.31. The molecule has 5 heteroatoms. The van der Waals surface area contributed by atoms with Crippen LogP contribution in [0.4, 0.5) is 0 Å². The number of nitrogens with zero attached hydrogens (tertiary/aromatic N) is 4. The first-order chi connectivity index (χ1) is 5.79. The fourth-order valence-electron chi connectivity index (χ4n) is 0.933. The minimum Gasteiger partial charge on any atom is -0.263 e. The summed E-state index contributed by atoms with van der Waals surface area (Å²) in [6.07, 6.45) is 5.91. The van der Waals surface area contributed by atoms with Crippen molar-refractivity contribution >= 4 is 28.9 Å². The second-order valence-electron chi connectivity index (χ2n) is 2.57. The Balaban J connectivity index is 2.40. The van der Waals surface area contributed by atoms with Gasteiger partial charge in [0.2, 0.25) is 0 Å². The minimum absolute atomic E-state index is 0.0687. The van der Waals surface area contributed by atoms with Crippen LogP contribution < -0.4 is 0 Å². The molecule has 0 amide bonds. The summed E-state index contributed by atoms with van der Waals surface area (Å²) in [6.45, 7) is 3.07. The molecule has 12 heavy (non-hydrogen) atoms. The smallest absolute Gasteiger partial charge is 0.187 e. The van der Waals surface area contributed by atoms with Crippen molar-refractivity contribution in [1.29, 1.82) is 5.26 Å². The Morgan fingerprint density at radius 1 is 1.75 bits per heavy atom. The third kappa shape index (κ3) is 2.00. The molecule has 0 spiro atoms. The van der Waals surface area contributed by atoms with E-state index in [0.717, 1.165) is 19.4 Å². The van der Waals surface area contributed by atoms with Gasteiger partial charge in [-0.3, -0.25) is 5.01 Å². The zero-order chi connectivity index (χ0) is 8.97. The lowest BCUT2D eigenvalue weighted by molar-refractivity contribution is 0.247. The van der Waals surface area contributed by atoms with Crippen LogP contribution in [-0.2, 0) is 0 Å². The topological polar surface area (TPSA) is 42.6 Å². The molecule has 0 aromatic carbocycles. The van der Waals surface area contributed by atoms with Crippen LogP contribution in [0.25, 0.3) is 0 Å². The molecule has 0 saturated heterocycles. The van der Waals surface area contributed by atoms with Crippen molar-refractivity contribution in [1.82, 2.24) is 9.91 Å². The number of halogens is 1. The number of unbranched alkanes of at least 4 members (excludes halogenated alkanes) is 1. The van der Waals surface area contributed by atoms with Gasteiger partial charge in [0, 0.05) is 6.54 Å². The van der Waals surface area contributed by atoms with Crippen LogP contribution in [-0.4, -0.2) is 27.0 Å². The van der Waals surface area contributed by atoms with E-state index in [0.29, 0.717) is 0 Å². The van der Waals surface area contributed by atoms with E-state index in [4.69, 9.17) is 5.26 Å². The van der Waals surface area contributed by atoms with Crippen molar-refractivity contribution in [2.24, 2.45) is 5.10 Å². The van der Waals surface area contributed by atoms with E-state index in [-0.39, 0.29) is 4.17 Å². The van der Waals surface area contributed by atoms with Crippen molar-refractivity contribution in [2.45, 2.75) is 23.9 Å². The van der Waals surface area contributed by atoms with E-state index in [1.807, 2.05) is 5.01 Å². The molecule has 0 N–H and O–H groups in total. The average Bonchev–Trinajstić information content (AvgIpc) is 2.43. The molecule has 0 radical (unpaired) electrons. The molecule has 1 heterocycles. The standard InChI is InChI=1S/C7H11IN4/c1-2-3-4-12-7(8)11(5-9)6-10-12/h6-7H,2-4H2,1H3. The molecule has 1 atom stereocenters. The summed E-state index contributed by atoms with van der Waals surface area (Å²) in [7, 11) is 0. The maximum absolute atomic E-state index is 8.63. The van der Waals surface area contributed by atoms with Gasteiger partial charge in [0.1, 0.15) is 6.34 Å². The number of nitriles is 1. The summed E-state index contributed by atoms with van der Waals surface area (Å²) < 4.78 is 0.0687. The Labute approximate surface area is 86.0 Å². The molecule has 4 nitrogen and oxygen atoms in total. The van der Waals surface area contributed by atoms with E-state index >= 15 is 0 Å². The quantitative estimate of drug-likeness (QED) is 0.340. The SMILES string of the molecule is CCCCN1N=CN(C#N)C1I. The van der Waals surface area contributed by atoms with Gasteiger partial charge in [0.15, 0.2) is 10.4 Å². The fraction of sp³-hybridized carbons (Fsp3) is 0.714. The number of alkyl halides is 1. The third-order valence-corrected chi connectivity index (χ3v) is 2.90. The van der Waals surface area contributed by atoms with Gasteiger partial charge in [-0.1, -0.05) is 13.3 Å². The zero-order valence-corrected chi connectivity index (χ0v) is 9.10. The highest BCUT2D eigenvalue weighted by Crippen LogP contribution is 2.17. The second kappa shape index (κ2) is 4.50. The van der Waals surface area contributed by atoms with Crippen molar-refractivity contribution in [3.05, 3.63) is 0 Å². The third-order valence-electron chi connectivity index (χ3n) is 1.66. The normalized spacial score (nSPS) is 21.6. The molecule has 0 aromatic heterocycles. The highest BCUT2D eigenvalue weighted by molar-refractivity contribution is 14.1. The number of hydrazone groups is 1. The molecular formula is C7H11IN4. The Morgan fingerprint density at radius 2 is 2.50 bits per heavy atom. The van der Waals surface area contributed by atoms with Crippen LogP contribution in [0.3, 0.4) is 0 Å². The largest absolute Gasteiger partial charge is 0.263 e. The van der Waals surface area contributed by atoms with Gasteiger partial charge in [-0.15, -0.1) is 0 Å². The molecule has 0 fully saturated rings. The summed E-state index contributed by atoms with van der Waals surface area (Å²) in [6, 6.07) is 0. The maximum Gasteiger partial charge on any atom is 0.187 e. The van der Waals surface area contributed by atoms with Crippen LogP contribution in [0, 0.1) is 11.5 Å². The first kappa shape index (κ1) is 9.58. The zero-order valence-electron chi connectivity index (χ0n) is 6.94. The van der Waals surface area contributed by atoms with E-state index in [1.54, 1.807) is 6.34 Å². The Kier molecular flexibility index (Phi) is 3.59. The molecular weight excluding hydrogens is 267 g/mol. The van der Waals surface area contributed by atoms with Crippen molar-refractivity contribution in [3.8, 4) is 6.19 Å². The number of rotatable bonds is 3. The Bertz CT molecular complexity index is 210. The van der Waals surface area contributed by atoms with E-state index in [9.17, 15) is 0 Å². The maximum atomic E-state index is 8.63. The molecule has 0 aromatic rings. The van der Waals surface area contributed by atoms with Crippen LogP contribution in [0.15, 0.2) is 5.10 Å². The highest BCUT2D eigenvalue weighted by atomic mass is 127. The predicted molar refractivity (Wildman–Crippen MR) is 55.4 cm³/mol. The van der Waals surface area contributed by atoms with Crippen molar-refractivity contribution < 1.29 is 0 Å². The van der Waals surface area contributed by atoms with Gasteiger partial charge < -0.3 is 0 Å². The molecule has 1 rings (SSSR count).